The minimum absolute atomic E-state index is 0. The lowest BCUT2D eigenvalue weighted by molar-refractivity contribution is -0.139. The monoisotopic (exact) mass is 645 g/mol. The van der Waals surface area contributed by atoms with Gasteiger partial charge in [0.1, 0.15) is 16.9 Å². The first-order chi connectivity index (χ1) is 20.3. The molecule has 1 aromatic carbocycles. The molecule has 2 aromatic heterocycles. The second-order valence-corrected chi connectivity index (χ2v) is 12.8. The lowest BCUT2D eigenvalue weighted by Crippen LogP contribution is -2.50. The van der Waals surface area contributed by atoms with Crippen molar-refractivity contribution in [3.05, 3.63) is 62.5 Å². The van der Waals surface area contributed by atoms with Crippen LogP contribution < -0.4 is 5.73 Å². The van der Waals surface area contributed by atoms with Crippen LogP contribution in [0.3, 0.4) is 0 Å². The molecule has 1 fully saturated rings. The van der Waals surface area contributed by atoms with Crippen LogP contribution in [0.15, 0.2) is 29.3 Å². The largest absolute Gasteiger partial charge is 0.339 e. The van der Waals surface area contributed by atoms with Crippen molar-refractivity contribution in [2.75, 3.05) is 32.7 Å². The number of piperazine rings is 1. The number of carbonyl (C=O) groups is 2. The fourth-order valence-electron chi connectivity index (χ4n) is 5.74. The van der Waals surface area contributed by atoms with E-state index in [2.05, 4.69) is 28.6 Å². The van der Waals surface area contributed by atoms with Crippen molar-refractivity contribution >= 4 is 52.9 Å². The minimum Gasteiger partial charge on any atom is -0.339 e. The average Bonchev–Trinajstić information content (AvgIpc) is 3.47. The number of unbranched alkanes of at least 4 members (excludes halogenated alkanes) is 4. The summed E-state index contributed by atoms with van der Waals surface area (Å²) in [5.41, 5.74) is 9.54. The first-order valence-corrected chi connectivity index (χ1v) is 16.1. The second-order valence-electron chi connectivity index (χ2n) is 11.2. The number of amides is 2. The summed E-state index contributed by atoms with van der Waals surface area (Å²) in [7, 11) is 0. The maximum Gasteiger partial charge on any atom is 0.225 e. The Bertz CT molecular complexity index is 1460. The Balaban J connectivity index is 0.00000423. The third kappa shape index (κ3) is 7.30. The van der Waals surface area contributed by atoms with E-state index in [1.807, 2.05) is 41.0 Å². The summed E-state index contributed by atoms with van der Waals surface area (Å²) in [6.07, 6.45) is 6.00. The van der Waals surface area contributed by atoms with E-state index in [1.54, 1.807) is 11.3 Å². The van der Waals surface area contributed by atoms with Gasteiger partial charge < -0.3 is 15.5 Å². The summed E-state index contributed by atoms with van der Waals surface area (Å²) in [6, 6.07) is 7.19. The molecule has 0 unspecified atom stereocenters. The van der Waals surface area contributed by atoms with Gasteiger partial charge >= 0.3 is 0 Å². The Kier molecular flexibility index (Phi) is 11.4. The standard InChI is InChI=1S/C31H40ClN7O2S.ClH/c1-20-21(2)42-31-28(20)29(23-10-12-24(32)13-11-23)34-25(30-36-35-22(3)39(30)31)19-27(41)38-17-15-37(16-18-38)26(40)9-7-5-4-6-8-14-33;/h10-13,25H,4-9,14-19,33H2,1-3H3;1H/t25-;/m0./s1. The van der Waals surface area contributed by atoms with Crippen molar-refractivity contribution in [3.63, 3.8) is 0 Å². The molecule has 2 aliphatic rings. The van der Waals surface area contributed by atoms with E-state index in [4.69, 9.17) is 22.3 Å². The number of nitrogens with two attached hydrogens (primary N) is 1. The Hall–Kier alpha value is -2.79. The summed E-state index contributed by atoms with van der Waals surface area (Å²) in [5, 5.41) is 10.6. The molecule has 2 aliphatic heterocycles. The van der Waals surface area contributed by atoms with Gasteiger partial charge in [0.05, 0.1) is 12.1 Å². The summed E-state index contributed by atoms with van der Waals surface area (Å²) < 4.78 is 2.07. The molecule has 3 aromatic rings. The molecular formula is C31H41Cl2N7O2S. The van der Waals surface area contributed by atoms with Crippen molar-refractivity contribution in [1.29, 1.82) is 0 Å². The van der Waals surface area contributed by atoms with Gasteiger partial charge in [0.15, 0.2) is 5.82 Å². The third-order valence-corrected chi connectivity index (χ3v) is 9.75. The van der Waals surface area contributed by atoms with Gasteiger partial charge in [0.25, 0.3) is 0 Å². The van der Waals surface area contributed by atoms with E-state index in [0.717, 1.165) is 71.9 Å². The number of hydrogen-bond acceptors (Lipinski definition) is 7. The van der Waals surface area contributed by atoms with Crippen LogP contribution in [0.5, 0.6) is 0 Å². The van der Waals surface area contributed by atoms with Crippen LogP contribution in [0.4, 0.5) is 0 Å². The van der Waals surface area contributed by atoms with E-state index in [-0.39, 0.29) is 30.6 Å². The van der Waals surface area contributed by atoms with E-state index >= 15 is 0 Å². The molecule has 4 heterocycles. The highest BCUT2D eigenvalue weighted by Gasteiger charge is 2.34. The summed E-state index contributed by atoms with van der Waals surface area (Å²) >= 11 is 7.91. The van der Waals surface area contributed by atoms with Crippen LogP contribution in [-0.2, 0) is 9.59 Å². The van der Waals surface area contributed by atoms with Crippen molar-refractivity contribution in [2.45, 2.75) is 71.8 Å². The fourth-order valence-corrected chi connectivity index (χ4v) is 7.08. The van der Waals surface area contributed by atoms with Gasteiger partial charge in [0, 0.05) is 53.6 Å². The number of aryl methyl sites for hydroxylation is 2. The normalized spacial score (nSPS) is 16.2. The zero-order valence-electron chi connectivity index (χ0n) is 25.1. The predicted octanol–water partition coefficient (Wildman–Crippen LogP) is 5.58. The predicted molar refractivity (Wildman–Crippen MR) is 175 cm³/mol. The van der Waals surface area contributed by atoms with Crippen LogP contribution in [0.25, 0.3) is 5.00 Å². The molecule has 232 valence electrons. The highest BCUT2D eigenvalue weighted by molar-refractivity contribution is 7.15. The Morgan fingerprint density at radius 3 is 2.23 bits per heavy atom. The first kappa shape index (κ1) is 33.1. The molecule has 0 aliphatic carbocycles. The Morgan fingerprint density at radius 1 is 0.930 bits per heavy atom. The molecule has 5 rings (SSSR count). The molecule has 9 nitrogen and oxygen atoms in total. The maximum absolute atomic E-state index is 13.7. The van der Waals surface area contributed by atoms with Gasteiger partial charge in [-0.05, 0) is 57.9 Å². The number of benzene rings is 1. The summed E-state index contributed by atoms with van der Waals surface area (Å²) in [6.45, 7) is 9.07. The van der Waals surface area contributed by atoms with Crippen LogP contribution in [0.1, 0.15) is 84.2 Å². The van der Waals surface area contributed by atoms with Crippen molar-refractivity contribution < 1.29 is 9.59 Å². The lowest BCUT2D eigenvalue weighted by atomic mass is 9.99. The Morgan fingerprint density at radius 2 is 1.56 bits per heavy atom. The molecule has 1 saturated heterocycles. The summed E-state index contributed by atoms with van der Waals surface area (Å²) in [4.78, 5) is 36.6. The third-order valence-electron chi connectivity index (χ3n) is 8.30. The highest BCUT2D eigenvalue weighted by Crippen LogP contribution is 2.39. The van der Waals surface area contributed by atoms with Gasteiger partial charge in [-0.1, -0.05) is 43.0 Å². The van der Waals surface area contributed by atoms with Crippen LogP contribution in [-0.4, -0.2) is 74.8 Å². The molecule has 0 radical (unpaired) electrons. The van der Waals surface area contributed by atoms with Crippen LogP contribution in [0, 0.1) is 20.8 Å². The van der Waals surface area contributed by atoms with E-state index < -0.39 is 6.04 Å². The number of carbonyl (C=O) groups excluding carboxylic acids is 2. The number of aromatic nitrogens is 3. The topological polar surface area (TPSA) is 110 Å². The average molecular weight is 647 g/mol. The minimum atomic E-state index is -0.498. The number of hydrogen-bond donors (Lipinski definition) is 1. The molecular weight excluding hydrogens is 605 g/mol. The SMILES string of the molecule is Cc1sc2c(c1C)C(c1ccc(Cl)cc1)=N[C@@H](CC(=O)N1CCN(C(=O)CCCCCCCN)CC1)c1nnc(C)n1-2.Cl. The number of rotatable bonds is 10. The van der Waals surface area contributed by atoms with E-state index in [1.165, 1.54) is 4.88 Å². The van der Waals surface area contributed by atoms with Gasteiger partial charge in [-0.25, -0.2) is 0 Å². The second kappa shape index (κ2) is 14.8. The number of fused-ring (bicyclic) bond motifs is 3. The molecule has 0 spiro atoms. The van der Waals surface area contributed by atoms with E-state index in [9.17, 15) is 9.59 Å². The highest BCUT2D eigenvalue weighted by atomic mass is 35.5. The van der Waals surface area contributed by atoms with Crippen LogP contribution in [0.2, 0.25) is 5.02 Å². The molecule has 2 N–H and O–H groups in total. The van der Waals surface area contributed by atoms with Gasteiger partial charge in [-0.3, -0.25) is 19.1 Å². The molecule has 2 amide bonds. The van der Waals surface area contributed by atoms with Crippen molar-refractivity contribution in [2.24, 2.45) is 10.7 Å². The smallest absolute Gasteiger partial charge is 0.225 e. The number of halogens is 2. The zero-order valence-corrected chi connectivity index (χ0v) is 27.5. The molecule has 43 heavy (non-hydrogen) atoms. The quantitative estimate of drug-likeness (QED) is 0.289. The molecule has 0 bridgehead atoms. The molecule has 1 atom stereocenters. The number of nitrogens with zero attached hydrogens (tertiary/aromatic N) is 6. The van der Waals surface area contributed by atoms with E-state index in [0.29, 0.717) is 43.4 Å². The maximum atomic E-state index is 13.7. The van der Waals surface area contributed by atoms with Crippen molar-refractivity contribution in [3.8, 4) is 5.00 Å². The summed E-state index contributed by atoms with van der Waals surface area (Å²) in [5.74, 6) is 1.63. The first-order valence-electron chi connectivity index (χ1n) is 14.9. The van der Waals surface area contributed by atoms with Gasteiger partial charge in [-0.2, -0.15) is 0 Å². The van der Waals surface area contributed by atoms with Gasteiger partial charge in [-0.15, -0.1) is 33.9 Å². The molecule has 0 saturated carbocycles. The number of thiophene rings is 1. The number of aliphatic imine (C=N–C) groups is 1. The Labute approximate surface area is 268 Å². The molecule has 12 heteroatoms. The zero-order chi connectivity index (χ0) is 29.8. The van der Waals surface area contributed by atoms with Crippen LogP contribution >= 0.6 is 35.3 Å². The van der Waals surface area contributed by atoms with Crippen molar-refractivity contribution in [1.82, 2.24) is 24.6 Å². The van der Waals surface area contributed by atoms with Gasteiger partial charge in [0.2, 0.25) is 11.8 Å². The fraction of sp³-hybridized carbons (Fsp3) is 0.516. The lowest BCUT2D eigenvalue weighted by Gasteiger charge is -2.35.